The summed E-state index contributed by atoms with van der Waals surface area (Å²) in [7, 11) is 2.13. The molecule has 2 N–H and O–H groups in total. The highest BCUT2D eigenvalue weighted by Gasteiger charge is 2.21. The van der Waals surface area contributed by atoms with Crippen molar-refractivity contribution in [2.24, 2.45) is 5.73 Å². The van der Waals surface area contributed by atoms with Gasteiger partial charge in [-0.05, 0) is 31.3 Å². The summed E-state index contributed by atoms with van der Waals surface area (Å²) in [5.41, 5.74) is 5.83. The molecular weight excluding hydrogens is 245 g/mol. The Morgan fingerprint density at radius 3 is 2.42 bits per heavy atom. The molecule has 0 spiro atoms. The van der Waals surface area contributed by atoms with Gasteiger partial charge in [-0.25, -0.2) is 4.39 Å². The Bertz CT molecular complexity index is 377. The highest BCUT2D eigenvalue weighted by Crippen LogP contribution is 2.13. The highest BCUT2D eigenvalue weighted by molar-refractivity contribution is 5.22. The maximum Gasteiger partial charge on any atom is 0.123 e. The number of likely N-dealkylation sites (N-methyl/N-ethyl adjacent to an activating group) is 1. The molecule has 1 fully saturated rings. The van der Waals surface area contributed by atoms with Crippen LogP contribution in [0.25, 0.3) is 0 Å². The Morgan fingerprint density at radius 1 is 1.21 bits per heavy atom. The smallest absolute Gasteiger partial charge is 0.123 e. The monoisotopic (exact) mass is 267 g/mol. The second-order valence-corrected chi connectivity index (χ2v) is 4.99. The fourth-order valence-electron chi connectivity index (χ4n) is 2.23. The average molecular weight is 267 g/mol. The van der Waals surface area contributed by atoms with Crippen LogP contribution in [-0.2, 0) is 0 Å². The molecule has 106 valence electrons. The minimum atomic E-state index is -0.248. The van der Waals surface area contributed by atoms with Gasteiger partial charge >= 0.3 is 0 Å². The predicted molar refractivity (Wildman–Crippen MR) is 73.8 cm³/mol. The largest absolute Gasteiger partial charge is 0.492 e. The summed E-state index contributed by atoms with van der Waals surface area (Å²) in [6, 6.07) is 6.32. The maximum absolute atomic E-state index is 12.8. The second kappa shape index (κ2) is 6.84. The normalized spacial score (nSPS) is 19.3. The Labute approximate surface area is 113 Å². The van der Waals surface area contributed by atoms with Crippen molar-refractivity contribution in [1.29, 1.82) is 0 Å². The maximum atomic E-state index is 12.8. The molecule has 0 saturated carbocycles. The summed E-state index contributed by atoms with van der Waals surface area (Å²) in [6.45, 7) is 5.28. The molecule has 1 saturated heterocycles. The molecule has 2 rings (SSSR count). The number of hydrogen-bond acceptors (Lipinski definition) is 4. The standard InChI is InChI=1S/C14H22FN3O/c1-17-6-8-18(9-7-17)13(10-16)11-19-14-4-2-12(15)3-5-14/h2-5,13H,6-11,16H2,1H3. The van der Waals surface area contributed by atoms with Gasteiger partial charge in [-0.1, -0.05) is 0 Å². The number of nitrogens with two attached hydrogens (primary N) is 1. The first kappa shape index (κ1) is 14.2. The van der Waals surface area contributed by atoms with Crippen molar-refractivity contribution < 1.29 is 9.13 Å². The SMILES string of the molecule is CN1CCN(C(CN)COc2ccc(F)cc2)CC1. The van der Waals surface area contributed by atoms with Gasteiger partial charge in [0.05, 0.1) is 6.04 Å². The molecule has 0 bridgehead atoms. The lowest BCUT2D eigenvalue weighted by atomic mass is 10.2. The van der Waals surface area contributed by atoms with Crippen LogP contribution in [-0.4, -0.2) is 62.2 Å². The summed E-state index contributed by atoms with van der Waals surface area (Å²) >= 11 is 0. The Balaban J connectivity index is 1.83. The van der Waals surface area contributed by atoms with Gasteiger partial charge in [0, 0.05) is 32.7 Å². The van der Waals surface area contributed by atoms with Gasteiger partial charge in [-0.15, -0.1) is 0 Å². The number of hydrogen-bond donors (Lipinski definition) is 1. The molecule has 0 amide bonds. The van der Waals surface area contributed by atoms with E-state index in [2.05, 4.69) is 16.8 Å². The molecule has 1 aromatic rings. The first-order chi connectivity index (χ1) is 9.19. The Hall–Kier alpha value is -1.17. The third kappa shape index (κ3) is 4.16. The summed E-state index contributed by atoms with van der Waals surface area (Å²) < 4.78 is 18.5. The van der Waals surface area contributed by atoms with Crippen molar-refractivity contribution in [3.8, 4) is 5.75 Å². The second-order valence-electron chi connectivity index (χ2n) is 4.99. The van der Waals surface area contributed by atoms with E-state index in [1.54, 1.807) is 12.1 Å². The minimum Gasteiger partial charge on any atom is -0.492 e. The zero-order valence-electron chi connectivity index (χ0n) is 11.4. The van der Waals surface area contributed by atoms with Gasteiger partial charge in [0.2, 0.25) is 0 Å². The lowest BCUT2D eigenvalue weighted by molar-refractivity contribution is 0.0856. The number of rotatable bonds is 5. The molecule has 0 aliphatic carbocycles. The molecule has 0 aromatic heterocycles. The van der Waals surface area contributed by atoms with E-state index >= 15 is 0 Å². The zero-order valence-corrected chi connectivity index (χ0v) is 11.4. The van der Waals surface area contributed by atoms with Crippen molar-refractivity contribution in [3.63, 3.8) is 0 Å². The molecule has 1 atom stereocenters. The number of benzene rings is 1. The molecule has 5 heteroatoms. The fraction of sp³-hybridized carbons (Fsp3) is 0.571. The highest BCUT2D eigenvalue weighted by atomic mass is 19.1. The summed E-state index contributed by atoms with van der Waals surface area (Å²) in [6.07, 6.45) is 0. The van der Waals surface area contributed by atoms with Gasteiger partial charge < -0.3 is 15.4 Å². The molecule has 1 aromatic carbocycles. The van der Waals surface area contributed by atoms with E-state index in [-0.39, 0.29) is 11.9 Å². The topological polar surface area (TPSA) is 41.7 Å². The van der Waals surface area contributed by atoms with Crippen LogP contribution < -0.4 is 10.5 Å². The van der Waals surface area contributed by atoms with E-state index in [9.17, 15) is 4.39 Å². The van der Waals surface area contributed by atoms with Crippen molar-refractivity contribution in [3.05, 3.63) is 30.1 Å². The van der Waals surface area contributed by atoms with Gasteiger partial charge in [0.25, 0.3) is 0 Å². The Kier molecular flexibility index (Phi) is 5.13. The predicted octanol–water partition coefficient (Wildman–Crippen LogP) is 0.779. The average Bonchev–Trinajstić information content (AvgIpc) is 2.43. The van der Waals surface area contributed by atoms with Crippen LogP contribution >= 0.6 is 0 Å². The number of piperazine rings is 1. The molecule has 19 heavy (non-hydrogen) atoms. The van der Waals surface area contributed by atoms with Crippen molar-refractivity contribution in [2.75, 3.05) is 46.4 Å². The Morgan fingerprint density at radius 2 is 1.84 bits per heavy atom. The van der Waals surface area contributed by atoms with Gasteiger partial charge in [0.1, 0.15) is 18.2 Å². The number of nitrogens with zero attached hydrogens (tertiary/aromatic N) is 2. The van der Waals surface area contributed by atoms with Gasteiger partial charge in [0.15, 0.2) is 0 Å². The molecule has 1 aliphatic rings. The van der Waals surface area contributed by atoms with Crippen molar-refractivity contribution >= 4 is 0 Å². The van der Waals surface area contributed by atoms with E-state index in [4.69, 9.17) is 10.5 Å². The molecule has 0 radical (unpaired) electrons. The van der Waals surface area contributed by atoms with E-state index in [0.717, 1.165) is 26.2 Å². The zero-order chi connectivity index (χ0) is 13.7. The van der Waals surface area contributed by atoms with Crippen molar-refractivity contribution in [1.82, 2.24) is 9.80 Å². The van der Waals surface area contributed by atoms with Crippen LogP contribution in [0.4, 0.5) is 4.39 Å². The number of halogens is 1. The first-order valence-electron chi connectivity index (χ1n) is 6.70. The molecule has 4 nitrogen and oxygen atoms in total. The lowest BCUT2D eigenvalue weighted by Gasteiger charge is -2.37. The molecule has 1 aliphatic heterocycles. The number of ether oxygens (including phenoxy) is 1. The van der Waals surface area contributed by atoms with Crippen LogP contribution in [0.15, 0.2) is 24.3 Å². The van der Waals surface area contributed by atoms with Crippen LogP contribution in [0.3, 0.4) is 0 Å². The van der Waals surface area contributed by atoms with E-state index in [1.807, 2.05) is 0 Å². The molecule has 1 heterocycles. The summed E-state index contributed by atoms with van der Waals surface area (Å²) in [4.78, 5) is 4.68. The fourth-order valence-corrected chi connectivity index (χ4v) is 2.23. The van der Waals surface area contributed by atoms with Crippen LogP contribution in [0.5, 0.6) is 5.75 Å². The van der Waals surface area contributed by atoms with Crippen LogP contribution in [0.1, 0.15) is 0 Å². The molecule has 1 unspecified atom stereocenters. The van der Waals surface area contributed by atoms with E-state index < -0.39 is 0 Å². The summed E-state index contributed by atoms with van der Waals surface area (Å²) in [5, 5.41) is 0. The minimum absolute atomic E-state index is 0.221. The van der Waals surface area contributed by atoms with E-state index in [1.165, 1.54) is 12.1 Å². The van der Waals surface area contributed by atoms with Gasteiger partial charge in [-0.3, -0.25) is 4.90 Å². The van der Waals surface area contributed by atoms with E-state index in [0.29, 0.717) is 18.9 Å². The van der Waals surface area contributed by atoms with Crippen LogP contribution in [0, 0.1) is 5.82 Å². The third-order valence-corrected chi connectivity index (χ3v) is 3.58. The summed E-state index contributed by atoms with van der Waals surface area (Å²) in [5.74, 6) is 0.441. The molecular formula is C14H22FN3O. The quantitative estimate of drug-likeness (QED) is 0.856. The third-order valence-electron chi connectivity index (χ3n) is 3.58. The lowest BCUT2D eigenvalue weighted by Crippen LogP contribution is -2.53. The first-order valence-corrected chi connectivity index (χ1v) is 6.70. The van der Waals surface area contributed by atoms with Gasteiger partial charge in [-0.2, -0.15) is 0 Å². The van der Waals surface area contributed by atoms with Crippen molar-refractivity contribution in [2.45, 2.75) is 6.04 Å². The van der Waals surface area contributed by atoms with Crippen LogP contribution in [0.2, 0.25) is 0 Å².